The lowest BCUT2D eigenvalue weighted by Gasteiger charge is -2.26. The van der Waals surface area contributed by atoms with Crippen LogP contribution < -0.4 is 10.1 Å². The number of carbonyl (C=O) groups is 1. The standard InChI is InChI=1S/C22H28N2O5S/c1-16-4-6-19(14-18(16)3)29-11-8-23-22(25)21-15-20(7-5-17(21)2)30(26,27)24-9-12-28-13-10-24/h4-7,14-15H,8-13H2,1-3H3,(H,23,25). The highest BCUT2D eigenvalue weighted by atomic mass is 32.2. The third-order valence-electron chi connectivity index (χ3n) is 5.20. The minimum Gasteiger partial charge on any atom is -0.492 e. The Morgan fingerprint density at radius 2 is 1.73 bits per heavy atom. The number of carbonyl (C=O) groups excluding carboxylic acids is 1. The molecule has 1 amide bonds. The number of hydrogen-bond donors (Lipinski definition) is 1. The highest BCUT2D eigenvalue weighted by molar-refractivity contribution is 7.89. The minimum absolute atomic E-state index is 0.117. The van der Waals surface area contributed by atoms with Crippen molar-refractivity contribution in [2.24, 2.45) is 0 Å². The van der Waals surface area contributed by atoms with Gasteiger partial charge in [0.05, 0.1) is 24.7 Å². The molecule has 2 aromatic rings. The first-order valence-corrected chi connectivity index (χ1v) is 11.4. The van der Waals surface area contributed by atoms with Crippen LogP contribution in [0.1, 0.15) is 27.0 Å². The van der Waals surface area contributed by atoms with Crippen LogP contribution in [0, 0.1) is 20.8 Å². The third-order valence-corrected chi connectivity index (χ3v) is 7.09. The Labute approximate surface area is 178 Å². The SMILES string of the molecule is Cc1ccc(OCCNC(=O)c2cc(S(=O)(=O)N3CCOCC3)ccc2C)cc1C. The number of benzene rings is 2. The van der Waals surface area contributed by atoms with E-state index in [1.54, 1.807) is 19.1 Å². The Balaban J connectivity index is 1.62. The van der Waals surface area contributed by atoms with E-state index < -0.39 is 10.0 Å². The summed E-state index contributed by atoms with van der Waals surface area (Å²) in [6, 6.07) is 10.5. The maximum Gasteiger partial charge on any atom is 0.251 e. The molecule has 1 N–H and O–H groups in total. The van der Waals surface area contributed by atoms with Gasteiger partial charge in [0, 0.05) is 18.7 Å². The molecule has 0 radical (unpaired) electrons. The van der Waals surface area contributed by atoms with Crippen LogP contribution in [0.15, 0.2) is 41.3 Å². The van der Waals surface area contributed by atoms with Gasteiger partial charge in [0.25, 0.3) is 5.91 Å². The number of rotatable bonds is 7. The van der Waals surface area contributed by atoms with Gasteiger partial charge in [-0.05, 0) is 61.7 Å². The molecule has 7 nitrogen and oxygen atoms in total. The quantitative estimate of drug-likeness (QED) is 0.680. The smallest absolute Gasteiger partial charge is 0.251 e. The molecule has 0 aliphatic carbocycles. The first kappa shape index (κ1) is 22.3. The molecule has 1 saturated heterocycles. The van der Waals surface area contributed by atoms with E-state index in [4.69, 9.17) is 9.47 Å². The number of hydrogen-bond acceptors (Lipinski definition) is 5. The van der Waals surface area contributed by atoms with Crippen molar-refractivity contribution in [2.75, 3.05) is 39.5 Å². The van der Waals surface area contributed by atoms with Gasteiger partial charge in [0.1, 0.15) is 12.4 Å². The van der Waals surface area contributed by atoms with Gasteiger partial charge in [0.15, 0.2) is 0 Å². The second-order valence-corrected chi connectivity index (χ2v) is 9.28. The predicted molar refractivity (Wildman–Crippen MR) is 115 cm³/mol. The second-order valence-electron chi connectivity index (χ2n) is 7.34. The van der Waals surface area contributed by atoms with E-state index in [0.717, 1.165) is 11.3 Å². The highest BCUT2D eigenvalue weighted by Crippen LogP contribution is 2.21. The summed E-state index contributed by atoms with van der Waals surface area (Å²) >= 11 is 0. The van der Waals surface area contributed by atoms with E-state index in [2.05, 4.69) is 5.32 Å². The fourth-order valence-corrected chi connectivity index (χ4v) is 4.61. The summed E-state index contributed by atoms with van der Waals surface area (Å²) in [5, 5.41) is 2.80. The normalized spacial score (nSPS) is 15.0. The van der Waals surface area contributed by atoms with Crippen molar-refractivity contribution in [3.8, 4) is 5.75 Å². The largest absolute Gasteiger partial charge is 0.492 e. The molecule has 162 valence electrons. The average molecular weight is 433 g/mol. The van der Waals surface area contributed by atoms with E-state index in [9.17, 15) is 13.2 Å². The molecule has 1 heterocycles. The summed E-state index contributed by atoms with van der Waals surface area (Å²) in [5.74, 6) is 0.428. The summed E-state index contributed by atoms with van der Waals surface area (Å²) in [6.45, 7) is 7.84. The van der Waals surface area contributed by atoms with Crippen LogP contribution in [0.3, 0.4) is 0 Å². The lowest BCUT2D eigenvalue weighted by atomic mass is 10.1. The Morgan fingerprint density at radius 1 is 1.03 bits per heavy atom. The van der Waals surface area contributed by atoms with Crippen LogP contribution in [0.5, 0.6) is 5.75 Å². The lowest BCUT2D eigenvalue weighted by molar-refractivity contribution is 0.0730. The number of ether oxygens (including phenoxy) is 2. The zero-order valence-electron chi connectivity index (χ0n) is 17.6. The van der Waals surface area contributed by atoms with Crippen molar-refractivity contribution in [3.63, 3.8) is 0 Å². The van der Waals surface area contributed by atoms with Crippen LogP contribution in [-0.2, 0) is 14.8 Å². The van der Waals surface area contributed by atoms with Crippen LogP contribution >= 0.6 is 0 Å². The molecule has 2 aromatic carbocycles. The molecule has 0 spiro atoms. The monoisotopic (exact) mass is 432 g/mol. The molecular formula is C22H28N2O5S. The maximum absolute atomic E-state index is 12.9. The molecule has 0 unspecified atom stereocenters. The summed E-state index contributed by atoms with van der Waals surface area (Å²) in [5.41, 5.74) is 3.39. The summed E-state index contributed by atoms with van der Waals surface area (Å²) < 4.78 is 38.0. The average Bonchev–Trinajstić information content (AvgIpc) is 2.74. The van der Waals surface area contributed by atoms with Crippen LogP contribution in [0.4, 0.5) is 0 Å². The number of nitrogens with zero attached hydrogens (tertiary/aromatic N) is 1. The topological polar surface area (TPSA) is 84.9 Å². The molecule has 0 bridgehead atoms. The van der Waals surface area contributed by atoms with E-state index >= 15 is 0 Å². The van der Waals surface area contributed by atoms with Crippen molar-refractivity contribution < 1.29 is 22.7 Å². The Morgan fingerprint density at radius 3 is 2.43 bits per heavy atom. The van der Waals surface area contributed by atoms with Gasteiger partial charge >= 0.3 is 0 Å². The van der Waals surface area contributed by atoms with Crippen molar-refractivity contribution in [1.29, 1.82) is 0 Å². The van der Waals surface area contributed by atoms with Crippen LogP contribution in [0.25, 0.3) is 0 Å². The molecule has 1 aliphatic rings. The van der Waals surface area contributed by atoms with E-state index in [1.807, 2.05) is 32.0 Å². The van der Waals surface area contributed by atoms with E-state index in [1.165, 1.54) is 15.9 Å². The predicted octanol–water partition coefficient (Wildman–Crippen LogP) is 2.44. The van der Waals surface area contributed by atoms with Gasteiger partial charge in [-0.1, -0.05) is 12.1 Å². The number of morpholine rings is 1. The summed E-state index contributed by atoms with van der Waals surface area (Å²) in [7, 11) is -3.66. The van der Waals surface area contributed by atoms with E-state index in [0.29, 0.717) is 50.6 Å². The zero-order valence-corrected chi connectivity index (χ0v) is 18.4. The number of aryl methyl sites for hydroxylation is 3. The van der Waals surface area contributed by atoms with Crippen molar-refractivity contribution in [3.05, 3.63) is 58.7 Å². The van der Waals surface area contributed by atoms with Gasteiger partial charge < -0.3 is 14.8 Å². The fourth-order valence-electron chi connectivity index (χ4n) is 3.17. The van der Waals surface area contributed by atoms with Crippen molar-refractivity contribution in [1.82, 2.24) is 9.62 Å². The third kappa shape index (κ3) is 5.19. The number of sulfonamides is 1. The molecule has 30 heavy (non-hydrogen) atoms. The molecule has 0 aromatic heterocycles. The highest BCUT2D eigenvalue weighted by Gasteiger charge is 2.27. The molecule has 1 aliphatic heterocycles. The van der Waals surface area contributed by atoms with Gasteiger partial charge in [-0.25, -0.2) is 8.42 Å². The van der Waals surface area contributed by atoms with Crippen molar-refractivity contribution in [2.45, 2.75) is 25.7 Å². The van der Waals surface area contributed by atoms with Gasteiger partial charge in [0.2, 0.25) is 10.0 Å². The maximum atomic E-state index is 12.9. The Kier molecular flexibility index (Phi) is 7.12. The summed E-state index contributed by atoms with van der Waals surface area (Å²) in [6.07, 6.45) is 0. The van der Waals surface area contributed by atoms with Crippen molar-refractivity contribution >= 4 is 15.9 Å². The Bertz CT molecular complexity index is 1010. The van der Waals surface area contributed by atoms with E-state index in [-0.39, 0.29) is 10.8 Å². The lowest BCUT2D eigenvalue weighted by Crippen LogP contribution is -2.40. The molecule has 0 atom stereocenters. The zero-order chi connectivity index (χ0) is 21.7. The van der Waals surface area contributed by atoms with Gasteiger partial charge in [-0.2, -0.15) is 4.31 Å². The first-order valence-electron chi connectivity index (χ1n) is 9.96. The van der Waals surface area contributed by atoms with Gasteiger partial charge in [-0.3, -0.25) is 4.79 Å². The molecule has 0 saturated carbocycles. The molecular weight excluding hydrogens is 404 g/mol. The molecule has 3 rings (SSSR count). The first-order chi connectivity index (χ1) is 14.3. The second kappa shape index (κ2) is 9.59. The fraction of sp³-hybridized carbons (Fsp3) is 0.409. The summed E-state index contributed by atoms with van der Waals surface area (Å²) in [4.78, 5) is 12.8. The van der Waals surface area contributed by atoms with Crippen LogP contribution in [-0.4, -0.2) is 58.1 Å². The number of amides is 1. The van der Waals surface area contributed by atoms with Gasteiger partial charge in [-0.15, -0.1) is 0 Å². The molecule has 1 fully saturated rings. The minimum atomic E-state index is -3.66. The molecule has 8 heteroatoms. The van der Waals surface area contributed by atoms with Crippen LogP contribution in [0.2, 0.25) is 0 Å². The number of nitrogens with one attached hydrogen (secondary N) is 1. The Hall–Kier alpha value is -2.42.